The molecule has 0 saturated heterocycles. The van der Waals surface area contributed by atoms with E-state index >= 15 is 0 Å². The van der Waals surface area contributed by atoms with E-state index in [2.05, 4.69) is 125 Å². The molecule has 36 heavy (non-hydrogen) atoms. The van der Waals surface area contributed by atoms with Gasteiger partial charge in [-0.2, -0.15) is 0 Å². The lowest BCUT2D eigenvalue weighted by Gasteiger charge is -2.41. The van der Waals surface area contributed by atoms with Gasteiger partial charge in [0.2, 0.25) is 0 Å². The van der Waals surface area contributed by atoms with E-state index in [0.717, 1.165) is 11.8 Å². The van der Waals surface area contributed by atoms with Crippen molar-refractivity contribution in [1.82, 2.24) is 0 Å². The van der Waals surface area contributed by atoms with E-state index in [1.807, 2.05) is 0 Å². The van der Waals surface area contributed by atoms with Gasteiger partial charge in [-0.3, -0.25) is 0 Å². The monoisotopic (exact) mass is 508 g/mol. The quantitative estimate of drug-likeness (QED) is 0.216. The lowest BCUT2D eigenvalue weighted by molar-refractivity contribution is 0.228. The second-order valence-electron chi connectivity index (χ2n) is 10.7. The van der Waals surface area contributed by atoms with E-state index in [1.165, 1.54) is 68.6 Å². The number of aryl methyl sites for hydroxylation is 4. The summed E-state index contributed by atoms with van der Waals surface area (Å²) in [6.07, 6.45) is 5.40. The highest BCUT2D eigenvalue weighted by Gasteiger charge is 2.35. The van der Waals surface area contributed by atoms with Gasteiger partial charge in [-0.15, -0.1) is 0 Å². The van der Waals surface area contributed by atoms with Gasteiger partial charge in [0.05, 0.1) is 0 Å². The van der Waals surface area contributed by atoms with Crippen LogP contribution in [0.25, 0.3) is 0 Å². The lowest BCUT2D eigenvalue weighted by Crippen LogP contribution is -2.34. The van der Waals surface area contributed by atoms with Crippen molar-refractivity contribution in [2.75, 3.05) is 12.3 Å². The van der Waals surface area contributed by atoms with Crippen LogP contribution in [-0.2, 0) is 0 Å². The Morgan fingerprint density at radius 1 is 0.417 bits per heavy atom. The number of benzene rings is 4. The molecule has 0 amide bonds. The minimum absolute atomic E-state index is 0.331. The summed E-state index contributed by atoms with van der Waals surface area (Å²) in [6, 6.07) is 37.5. The van der Waals surface area contributed by atoms with E-state index in [0.29, 0.717) is 0 Å². The Hall–Kier alpha value is -2.26. The van der Waals surface area contributed by atoms with Crippen molar-refractivity contribution in [3.8, 4) is 0 Å². The van der Waals surface area contributed by atoms with Crippen LogP contribution in [0.4, 0.5) is 0 Å². The van der Waals surface area contributed by atoms with Gasteiger partial charge < -0.3 is 0 Å². The van der Waals surface area contributed by atoms with Crippen molar-refractivity contribution >= 4 is 37.1 Å². The highest BCUT2D eigenvalue weighted by atomic mass is 31.1. The van der Waals surface area contributed by atoms with Crippen LogP contribution < -0.4 is 21.2 Å². The molecule has 0 heterocycles. The third-order valence-corrected chi connectivity index (χ3v) is 13.1. The fourth-order valence-corrected chi connectivity index (χ4v) is 10.6. The molecule has 2 heteroatoms. The van der Waals surface area contributed by atoms with Crippen molar-refractivity contribution in [2.45, 2.75) is 40.5 Å². The predicted molar refractivity (Wildman–Crippen MR) is 163 cm³/mol. The van der Waals surface area contributed by atoms with Crippen molar-refractivity contribution in [3.05, 3.63) is 119 Å². The minimum atomic E-state index is -0.331. The van der Waals surface area contributed by atoms with Crippen LogP contribution in [0.15, 0.2) is 97.1 Å². The summed E-state index contributed by atoms with van der Waals surface area (Å²) >= 11 is 0. The van der Waals surface area contributed by atoms with Crippen molar-refractivity contribution in [3.63, 3.8) is 0 Å². The van der Waals surface area contributed by atoms with E-state index < -0.39 is 0 Å². The molecule has 1 aliphatic carbocycles. The van der Waals surface area contributed by atoms with Gasteiger partial charge in [0.25, 0.3) is 0 Å². The lowest BCUT2D eigenvalue weighted by atomic mass is 9.76. The molecule has 5 rings (SSSR count). The van der Waals surface area contributed by atoms with Crippen LogP contribution in [0.3, 0.4) is 0 Å². The molecular formula is C34H38P2. The van der Waals surface area contributed by atoms with Gasteiger partial charge in [0, 0.05) is 0 Å². The van der Waals surface area contributed by atoms with Gasteiger partial charge in [0.1, 0.15) is 0 Å². The minimum Gasteiger partial charge on any atom is -0.0587 e. The van der Waals surface area contributed by atoms with Gasteiger partial charge in [-0.1, -0.05) is 119 Å². The Balaban J connectivity index is 1.39. The summed E-state index contributed by atoms with van der Waals surface area (Å²) in [6.45, 7) is 8.77. The number of rotatable bonds is 8. The molecule has 0 aliphatic heterocycles. The summed E-state index contributed by atoms with van der Waals surface area (Å²) in [5.41, 5.74) is 5.39. The molecule has 0 radical (unpaired) electrons. The van der Waals surface area contributed by atoms with Crippen LogP contribution in [0.2, 0.25) is 0 Å². The van der Waals surface area contributed by atoms with Crippen LogP contribution in [0.5, 0.6) is 0 Å². The van der Waals surface area contributed by atoms with Gasteiger partial charge in [-0.05, 0) is 102 Å². The van der Waals surface area contributed by atoms with Crippen LogP contribution in [-0.4, -0.2) is 12.3 Å². The highest BCUT2D eigenvalue weighted by Crippen LogP contribution is 2.49. The molecule has 1 saturated carbocycles. The molecule has 2 atom stereocenters. The third-order valence-electron chi connectivity index (χ3n) is 7.79. The van der Waals surface area contributed by atoms with Crippen molar-refractivity contribution in [2.24, 2.45) is 11.8 Å². The molecule has 0 bridgehead atoms. The van der Waals surface area contributed by atoms with Gasteiger partial charge >= 0.3 is 0 Å². The number of hydrogen-bond donors (Lipinski definition) is 0. The SMILES string of the molecule is Cc1ccc(P(CC2CCC2CP(c2ccc(C)cc2)c2ccc(C)cc2)c2ccc(C)cc2)cc1. The Labute approximate surface area is 220 Å². The molecule has 184 valence electrons. The van der Waals surface area contributed by atoms with Crippen LogP contribution in [0, 0.1) is 39.5 Å². The van der Waals surface area contributed by atoms with Crippen molar-refractivity contribution in [1.29, 1.82) is 0 Å². The first-order chi connectivity index (χ1) is 17.5. The molecule has 0 spiro atoms. The van der Waals surface area contributed by atoms with Gasteiger partial charge in [0.15, 0.2) is 0 Å². The van der Waals surface area contributed by atoms with E-state index in [9.17, 15) is 0 Å². The maximum atomic E-state index is 2.39. The fourth-order valence-electron chi connectivity index (χ4n) is 5.21. The Bertz CT molecular complexity index is 1060. The summed E-state index contributed by atoms with van der Waals surface area (Å²) in [7, 11) is -0.662. The average Bonchev–Trinajstić information content (AvgIpc) is 2.87. The molecule has 2 unspecified atom stereocenters. The molecule has 4 aromatic carbocycles. The Morgan fingerprint density at radius 2 is 0.639 bits per heavy atom. The van der Waals surface area contributed by atoms with Gasteiger partial charge in [-0.25, -0.2) is 0 Å². The normalized spacial score (nSPS) is 17.4. The second-order valence-corrected chi connectivity index (χ2v) is 15.2. The standard InChI is InChI=1S/C34H38P2/c1-25-5-15-31(16-6-25)35(32-17-7-26(2)8-18-32)23-29-13-14-30(29)24-36(33-19-9-27(3)10-20-33)34-21-11-28(4)12-22-34/h5-12,15-22,29-30H,13-14,23-24H2,1-4H3. The maximum absolute atomic E-state index is 2.39. The summed E-state index contributed by atoms with van der Waals surface area (Å²) in [4.78, 5) is 0. The highest BCUT2D eigenvalue weighted by molar-refractivity contribution is 7.73. The molecule has 0 N–H and O–H groups in total. The molecule has 4 aromatic rings. The maximum Gasteiger partial charge on any atom is -0.0195 e. The third kappa shape index (κ3) is 5.99. The zero-order chi connectivity index (χ0) is 25.1. The summed E-state index contributed by atoms with van der Waals surface area (Å²) in [5, 5.41) is 6.13. The van der Waals surface area contributed by atoms with Crippen molar-refractivity contribution < 1.29 is 0 Å². The Kier molecular flexibility index (Phi) is 8.06. The number of hydrogen-bond acceptors (Lipinski definition) is 0. The summed E-state index contributed by atoms with van der Waals surface area (Å²) in [5.74, 6) is 1.64. The first kappa shape index (κ1) is 25.4. The largest absolute Gasteiger partial charge is 0.0587 e. The van der Waals surface area contributed by atoms with E-state index in [-0.39, 0.29) is 15.8 Å². The molecule has 0 nitrogen and oxygen atoms in total. The molecule has 1 fully saturated rings. The molecule has 1 aliphatic rings. The first-order valence-electron chi connectivity index (χ1n) is 13.3. The smallest absolute Gasteiger partial charge is 0.0195 e. The second kappa shape index (κ2) is 11.4. The zero-order valence-corrected chi connectivity index (χ0v) is 23.9. The first-order valence-corrected chi connectivity index (χ1v) is 16.3. The van der Waals surface area contributed by atoms with Crippen LogP contribution >= 0.6 is 15.8 Å². The predicted octanol–water partition coefficient (Wildman–Crippen LogP) is 7.51. The summed E-state index contributed by atoms with van der Waals surface area (Å²) < 4.78 is 0. The zero-order valence-electron chi connectivity index (χ0n) is 22.1. The molecule has 0 aromatic heterocycles. The topological polar surface area (TPSA) is 0 Å². The Morgan fingerprint density at radius 3 is 0.833 bits per heavy atom. The molecular weight excluding hydrogens is 470 g/mol. The fraction of sp³-hybridized carbons (Fsp3) is 0.294. The average molecular weight is 509 g/mol. The van der Waals surface area contributed by atoms with E-state index in [4.69, 9.17) is 0 Å². The van der Waals surface area contributed by atoms with Crippen LogP contribution in [0.1, 0.15) is 35.1 Å². The van der Waals surface area contributed by atoms with E-state index in [1.54, 1.807) is 0 Å².